The van der Waals surface area contributed by atoms with Crippen molar-refractivity contribution in [1.29, 1.82) is 0 Å². The molecule has 3 rings (SSSR count). The van der Waals surface area contributed by atoms with E-state index in [9.17, 15) is 4.79 Å². The molecule has 0 aliphatic carbocycles. The number of carbonyl (C=O) groups excluding carboxylic acids is 1. The van der Waals surface area contributed by atoms with E-state index < -0.39 is 0 Å². The number of nitrogens with zero attached hydrogens (tertiary/aromatic N) is 1. The number of hydrogen-bond donors (Lipinski definition) is 2. The zero-order valence-corrected chi connectivity index (χ0v) is 13.9. The molecule has 3 N–H and O–H groups in total. The van der Waals surface area contributed by atoms with Gasteiger partial charge in [0.2, 0.25) is 0 Å². The minimum atomic E-state index is -0.00237. The van der Waals surface area contributed by atoms with Gasteiger partial charge in [-0.3, -0.25) is 4.79 Å². The van der Waals surface area contributed by atoms with Gasteiger partial charge >= 0.3 is 0 Å². The van der Waals surface area contributed by atoms with Crippen LogP contribution in [0.15, 0.2) is 18.2 Å². The molecule has 2 fully saturated rings. The van der Waals surface area contributed by atoms with Crippen molar-refractivity contribution < 1.29 is 9.53 Å². The predicted molar refractivity (Wildman–Crippen MR) is 91.4 cm³/mol. The van der Waals surface area contributed by atoms with E-state index in [0.717, 1.165) is 51.3 Å². The normalized spacial score (nSPS) is 23.1. The minimum absolute atomic E-state index is 0.00237. The van der Waals surface area contributed by atoms with Crippen LogP contribution in [-0.2, 0) is 4.74 Å². The van der Waals surface area contributed by atoms with Crippen LogP contribution in [0.2, 0.25) is 0 Å². The number of likely N-dealkylation sites (tertiary alicyclic amines) is 1. The summed E-state index contributed by atoms with van der Waals surface area (Å²) in [6.07, 6.45) is 3.22. The molecule has 2 aliphatic heterocycles. The summed E-state index contributed by atoms with van der Waals surface area (Å²) in [4.78, 5) is 15.0. The lowest BCUT2D eigenvalue weighted by molar-refractivity contribution is 0.0902. The number of amides is 1. The lowest BCUT2D eigenvalue weighted by atomic mass is 10.0. The van der Waals surface area contributed by atoms with E-state index >= 15 is 0 Å². The van der Waals surface area contributed by atoms with Crippen LogP contribution in [0.5, 0.6) is 0 Å². The monoisotopic (exact) mass is 317 g/mol. The lowest BCUT2D eigenvalue weighted by Gasteiger charge is -2.33. The number of anilines is 1. The van der Waals surface area contributed by atoms with Gasteiger partial charge in [0, 0.05) is 43.5 Å². The molecule has 0 bridgehead atoms. The maximum Gasteiger partial charge on any atom is 0.251 e. The molecular formula is C18H27N3O2. The van der Waals surface area contributed by atoms with E-state index in [1.807, 2.05) is 19.1 Å². The van der Waals surface area contributed by atoms with Crippen molar-refractivity contribution in [3.63, 3.8) is 0 Å². The Morgan fingerprint density at radius 3 is 2.83 bits per heavy atom. The molecule has 5 nitrogen and oxygen atoms in total. The summed E-state index contributed by atoms with van der Waals surface area (Å²) >= 11 is 0. The number of nitrogens with one attached hydrogen (secondary N) is 1. The molecule has 1 unspecified atom stereocenters. The van der Waals surface area contributed by atoms with Crippen LogP contribution in [0.3, 0.4) is 0 Å². The van der Waals surface area contributed by atoms with Crippen molar-refractivity contribution in [2.45, 2.75) is 32.2 Å². The zero-order chi connectivity index (χ0) is 16.2. The van der Waals surface area contributed by atoms with Crippen molar-refractivity contribution in [2.24, 2.45) is 5.92 Å². The van der Waals surface area contributed by atoms with E-state index in [1.165, 1.54) is 6.42 Å². The van der Waals surface area contributed by atoms with Gasteiger partial charge in [0.25, 0.3) is 5.91 Å². The number of nitrogens with two attached hydrogens (primary N) is 1. The van der Waals surface area contributed by atoms with Crippen LogP contribution < -0.4 is 11.1 Å². The molecule has 2 aliphatic rings. The fourth-order valence-corrected chi connectivity index (χ4v) is 3.50. The molecule has 2 saturated heterocycles. The molecule has 126 valence electrons. The van der Waals surface area contributed by atoms with Crippen molar-refractivity contribution in [2.75, 3.05) is 38.6 Å². The molecule has 5 heteroatoms. The number of ether oxygens (including phenoxy) is 1. The second-order valence-corrected chi connectivity index (χ2v) is 6.85. The van der Waals surface area contributed by atoms with Crippen molar-refractivity contribution in [3.8, 4) is 0 Å². The molecule has 0 spiro atoms. The van der Waals surface area contributed by atoms with Crippen molar-refractivity contribution >= 4 is 11.6 Å². The molecule has 23 heavy (non-hydrogen) atoms. The second-order valence-electron chi connectivity index (χ2n) is 6.85. The summed E-state index contributed by atoms with van der Waals surface area (Å²) < 4.78 is 5.45. The van der Waals surface area contributed by atoms with Crippen LogP contribution in [0.4, 0.5) is 5.69 Å². The maximum absolute atomic E-state index is 12.4. The molecular weight excluding hydrogens is 290 g/mol. The Bertz CT molecular complexity index is 547. The lowest BCUT2D eigenvalue weighted by Crippen LogP contribution is -2.46. The number of benzene rings is 1. The average molecular weight is 317 g/mol. The first kappa shape index (κ1) is 16.3. The third-order valence-corrected chi connectivity index (χ3v) is 4.97. The fourth-order valence-electron chi connectivity index (χ4n) is 3.50. The largest absolute Gasteiger partial charge is 0.399 e. The van der Waals surface area contributed by atoms with Gasteiger partial charge in [-0.15, -0.1) is 0 Å². The van der Waals surface area contributed by atoms with Gasteiger partial charge in [-0.25, -0.2) is 0 Å². The highest BCUT2D eigenvalue weighted by Crippen LogP contribution is 2.18. The van der Waals surface area contributed by atoms with E-state index in [-0.39, 0.29) is 11.9 Å². The first-order chi connectivity index (χ1) is 11.1. The molecule has 0 saturated carbocycles. The van der Waals surface area contributed by atoms with Gasteiger partial charge in [0.15, 0.2) is 0 Å². The Morgan fingerprint density at radius 2 is 2.13 bits per heavy atom. The summed E-state index contributed by atoms with van der Waals surface area (Å²) in [7, 11) is 0. The van der Waals surface area contributed by atoms with Crippen LogP contribution in [0.1, 0.15) is 35.2 Å². The smallest absolute Gasteiger partial charge is 0.251 e. The highest BCUT2D eigenvalue weighted by atomic mass is 16.5. The second kappa shape index (κ2) is 7.32. The van der Waals surface area contributed by atoms with Gasteiger partial charge < -0.3 is 20.7 Å². The molecule has 1 aromatic rings. The molecule has 1 amide bonds. The highest BCUT2D eigenvalue weighted by molar-refractivity contribution is 5.96. The predicted octanol–water partition coefficient (Wildman–Crippen LogP) is 1.81. The maximum atomic E-state index is 12.4. The Balaban J connectivity index is 1.48. The number of rotatable bonds is 4. The van der Waals surface area contributed by atoms with E-state index in [4.69, 9.17) is 10.5 Å². The number of nitrogen functional groups attached to an aromatic ring is 1. The average Bonchev–Trinajstić information content (AvgIpc) is 3.04. The molecule has 0 radical (unpaired) electrons. The van der Waals surface area contributed by atoms with Gasteiger partial charge in [-0.1, -0.05) is 6.07 Å². The summed E-state index contributed by atoms with van der Waals surface area (Å²) in [5, 5.41) is 3.17. The van der Waals surface area contributed by atoms with Crippen molar-refractivity contribution in [1.82, 2.24) is 10.2 Å². The Labute approximate surface area is 138 Å². The Kier molecular flexibility index (Phi) is 5.18. The summed E-state index contributed by atoms with van der Waals surface area (Å²) in [6.45, 7) is 7.01. The van der Waals surface area contributed by atoms with Gasteiger partial charge in [-0.2, -0.15) is 0 Å². The SMILES string of the molecule is Cc1ccc(N)cc1C(=O)NC1CCN(CC2CCOC2)CC1. The van der Waals surface area contributed by atoms with Gasteiger partial charge in [-0.05, 0) is 49.8 Å². The van der Waals surface area contributed by atoms with Crippen molar-refractivity contribution in [3.05, 3.63) is 29.3 Å². The molecule has 0 aromatic heterocycles. The van der Waals surface area contributed by atoms with Crippen LogP contribution in [0, 0.1) is 12.8 Å². The topological polar surface area (TPSA) is 67.6 Å². The standard InChI is InChI=1S/C18H27N3O2/c1-13-2-3-15(19)10-17(13)18(22)20-16-4-7-21(8-5-16)11-14-6-9-23-12-14/h2-3,10,14,16H,4-9,11-12,19H2,1H3,(H,20,22). The number of hydrogen-bond acceptors (Lipinski definition) is 4. The van der Waals surface area contributed by atoms with Gasteiger partial charge in [0.05, 0.1) is 6.61 Å². The molecule has 1 atom stereocenters. The van der Waals surface area contributed by atoms with E-state index in [0.29, 0.717) is 17.2 Å². The zero-order valence-electron chi connectivity index (χ0n) is 13.9. The first-order valence-corrected chi connectivity index (χ1v) is 8.59. The van der Waals surface area contributed by atoms with E-state index in [2.05, 4.69) is 10.2 Å². The number of aryl methyl sites for hydroxylation is 1. The van der Waals surface area contributed by atoms with E-state index in [1.54, 1.807) is 6.07 Å². The quantitative estimate of drug-likeness (QED) is 0.831. The van der Waals surface area contributed by atoms with Crippen LogP contribution in [0.25, 0.3) is 0 Å². The Hall–Kier alpha value is -1.59. The summed E-state index contributed by atoms with van der Waals surface area (Å²) in [6, 6.07) is 5.76. The first-order valence-electron chi connectivity index (χ1n) is 8.59. The van der Waals surface area contributed by atoms with Gasteiger partial charge in [0.1, 0.15) is 0 Å². The summed E-state index contributed by atoms with van der Waals surface area (Å²) in [5.74, 6) is 0.688. The van der Waals surface area contributed by atoms with Crippen LogP contribution in [-0.4, -0.2) is 49.7 Å². The third-order valence-electron chi connectivity index (χ3n) is 4.97. The number of carbonyl (C=O) groups is 1. The number of piperidine rings is 1. The molecule has 1 aromatic carbocycles. The van der Waals surface area contributed by atoms with Crippen LogP contribution >= 0.6 is 0 Å². The summed E-state index contributed by atoms with van der Waals surface area (Å²) in [5.41, 5.74) is 8.09. The minimum Gasteiger partial charge on any atom is -0.399 e. The fraction of sp³-hybridized carbons (Fsp3) is 0.611. The molecule has 2 heterocycles. The highest BCUT2D eigenvalue weighted by Gasteiger charge is 2.25. The third kappa shape index (κ3) is 4.24. The Morgan fingerprint density at radius 1 is 1.35 bits per heavy atom.